The van der Waals surface area contributed by atoms with Gasteiger partial charge in [0.2, 0.25) is 5.91 Å². The van der Waals surface area contributed by atoms with Gasteiger partial charge in [0.15, 0.2) is 0 Å². The topological polar surface area (TPSA) is 55.8 Å². The molecular formula is C14H21NO4. The molecule has 2 aliphatic carbocycles. The van der Waals surface area contributed by atoms with Crippen LogP contribution in [-0.4, -0.2) is 50.2 Å². The Balaban J connectivity index is 1.64. The highest BCUT2D eigenvalue weighted by Crippen LogP contribution is 2.48. The molecule has 1 spiro atoms. The van der Waals surface area contributed by atoms with Gasteiger partial charge in [-0.2, -0.15) is 0 Å². The van der Waals surface area contributed by atoms with Gasteiger partial charge < -0.3 is 14.4 Å². The number of carbonyl (C=O) groups is 2. The first-order valence-corrected chi connectivity index (χ1v) is 7.10. The first kappa shape index (κ1) is 12.9. The number of carbonyl (C=O) groups excluding carboxylic acids is 2. The highest BCUT2D eigenvalue weighted by atomic mass is 16.5. The molecule has 5 heteroatoms. The second kappa shape index (κ2) is 4.78. The summed E-state index contributed by atoms with van der Waals surface area (Å²) in [7, 11) is 1.39. The van der Waals surface area contributed by atoms with Gasteiger partial charge in [0.05, 0.1) is 32.2 Å². The molecule has 1 amide bonds. The van der Waals surface area contributed by atoms with Crippen molar-refractivity contribution in [2.75, 3.05) is 33.4 Å². The van der Waals surface area contributed by atoms with Crippen molar-refractivity contribution >= 4 is 11.9 Å². The smallest absolute Gasteiger partial charge is 0.309 e. The number of amides is 1. The minimum absolute atomic E-state index is 0.124. The Bertz CT molecular complexity index is 391. The molecule has 0 unspecified atom stereocenters. The molecule has 3 fully saturated rings. The third-order valence-electron chi connectivity index (χ3n) is 4.80. The summed E-state index contributed by atoms with van der Waals surface area (Å²) in [5.74, 6) is -0.506. The van der Waals surface area contributed by atoms with Gasteiger partial charge in [-0.3, -0.25) is 9.59 Å². The van der Waals surface area contributed by atoms with Gasteiger partial charge in [0.1, 0.15) is 0 Å². The average Bonchev–Trinajstić information content (AvgIpc) is 3.15. The third-order valence-corrected chi connectivity index (χ3v) is 4.80. The Kier molecular flexibility index (Phi) is 3.25. The number of ether oxygens (including phenoxy) is 2. The molecule has 1 heterocycles. The number of rotatable bonds is 2. The van der Waals surface area contributed by atoms with Gasteiger partial charge in [-0.25, -0.2) is 0 Å². The predicted molar refractivity (Wildman–Crippen MR) is 67.3 cm³/mol. The van der Waals surface area contributed by atoms with E-state index in [9.17, 15) is 9.59 Å². The zero-order chi connectivity index (χ0) is 13.5. The number of nitrogens with zero attached hydrogens (tertiary/aromatic N) is 1. The highest BCUT2D eigenvalue weighted by Gasteiger charge is 2.49. The van der Waals surface area contributed by atoms with Crippen LogP contribution in [0, 0.1) is 17.3 Å². The second-order valence-corrected chi connectivity index (χ2v) is 6.13. The van der Waals surface area contributed by atoms with E-state index in [1.165, 1.54) is 7.11 Å². The van der Waals surface area contributed by atoms with Crippen molar-refractivity contribution in [2.45, 2.75) is 25.7 Å². The number of methoxy groups -OCH3 is 1. The van der Waals surface area contributed by atoms with E-state index in [4.69, 9.17) is 9.47 Å². The molecule has 19 heavy (non-hydrogen) atoms. The van der Waals surface area contributed by atoms with Gasteiger partial charge in [-0.1, -0.05) is 0 Å². The molecule has 3 aliphatic rings. The maximum atomic E-state index is 12.5. The lowest BCUT2D eigenvalue weighted by Crippen LogP contribution is -2.48. The lowest BCUT2D eigenvalue weighted by atomic mass is 9.72. The van der Waals surface area contributed by atoms with Crippen LogP contribution in [0.25, 0.3) is 0 Å². The van der Waals surface area contributed by atoms with Crippen LogP contribution in [0.2, 0.25) is 0 Å². The largest absolute Gasteiger partial charge is 0.469 e. The summed E-state index contributed by atoms with van der Waals surface area (Å²) in [5, 5.41) is 0. The minimum atomic E-state index is -0.239. The summed E-state index contributed by atoms with van der Waals surface area (Å²) >= 11 is 0. The fourth-order valence-corrected chi connectivity index (χ4v) is 3.12. The standard InChI is InChI=1S/C14H21NO4/c1-18-13(17)11-3-2-10(11)12(16)15-6-7-19-9-14(8-15)4-5-14/h10-11H,2-9H2,1H3/t10-,11-/m0/s1. The molecule has 2 saturated carbocycles. The molecule has 0 bridgehead atoms. The van der Waals surface area contributed by atoms with Gasteiger partial charge in [0, 0.05) is 18.5 Å². The quantitative estimate of drug-likeness (QED) is 0.695. The molecule has 2 atom stereocenters. The molecule has 1 saturated heterocycles. The van der Waals surface area contributed by atoms with Crippen LogP contribution < -0.4 is 0 Å². The zero-order valence-corrected chi connectivity index (χ0v) is 11.4. The summed E-state index contributed by atoms with van der Waals surface area (Å²) in [6.45, 7) is 2.85. The van der Waals surface area contributed by atoms with Gasteiger partial charge in [0.25, 0.3) is 0 Å². The van der Waals surface area contributed by atoms with E-state index in [1.54, 1.807) is 0 Å². The molecule has 106 valence electrons. The van der Waals surface area contributed by atoms with Crippen molar-refractivity contribution in [1.82, 2.24) is 4.90 Å². The summed E-state index contributed by atoms with van der Waals surface area (Å²) in [6, 6.07) is 0. The second-order valence-electron chi connectivity index (χ2n) is 6.13. The van der Waals surface area contributed by atoms with Crippen LogP contribution >= 0.6 is 0 Å². The molecule has 5 nitrogen and oxygen atoms in total. The van der Waals surface area contributed by atoms with Crippen molar-refractivity contribution in [3.63, 3.8) is 0 Å². The van der Waals surface area contributed by atoms with E-state index in [0.717, 1.165) is 38.8 Å². The Morgan fingerprint density at radius 1 is 1.26 bits per heavy atom. The third kappa shape index (κ3) is 2.36. The van der Waals surface area contributed by atoms with Crippen LogP contribution in [0.1, 0.15) is 25.7 Å². The summed E-state index contributed by atoms with van der Waals surface area (Å²) in [6.07, 6.45) is 3.89. The first-order chi connectivity index (χ1) is 9.15. The van der Waals surface area contributed by atoms with Crippen LogP contribution in [-0.2, 0) is 19.1 Å². The van der Waals surface area contributed by atoms with Gasteiger partial charge >= 0.3 is 5.97 Å². The van der Waals surface area contributed by atoms with Crippen LogP contribution in [0.3, 0.4) is 0 Å². The van der Waals surface area contributed by atoms with E-state index in [-0.39, 0.29) is 29.1 Å². The normalized spacial score (nSPS) is 32.4. The molecule has 1 aliphatic heterocycles. The number of hydrogen-bond acceptors (Lipinski definition) is 4. The van der Waals surface area contributed by atoms with Crippen molar-refractivity contribution < 1.29 is 19.1 Å². The summed E-state index contributed by atoms with van der Waals surface area (Å²) < 4.78 is 10.4. The molecule has 0 aromatic heterocycles. The highest BCUT2D eigenvalue weighted by molar-refractivity contribution is 5.87. The predicted octanol–water partition coefficient (Wildman–Crippen LogP) is 0.825. The Morgan fingerprint density at radius 2 is 2.00 bits per heavy atom. The fraction of sp³-hybridized carbons (Fsp3) is 0.857. The SMILES string of the molecule is COC(=O)[C@H]1CC[C@@H]1C(=O)N1CCOCC2(CC2)C1. The monoisotopic (exact) mass is 267 g/mol. The zero-order valence-electron chi connectivity index (χ0n) is 11.4. The Morgan fingerprint density at radius 3 is 2.58 bits per heavy atom. The van der Waals surface area contributed by atoms with Crippen LogP contribution in [0.4, 0.5) is 0 Å². The molecule has 3 rings (SSSR count). The molecule has 0 aromatic carbocycles. The molecule has 0 aromatic rings. The van der Waals surface area contributed by atoms with Gasteiger partial charge in [-0.05, 0) is 25.7 Å². The maximum Gasteiger partial charge on any atom is 0.309 e. The lowest BCUT2D eigenvalue weighted by molar-refractivity contribution is -0.159. The van der Waals surface area contributed by atoms with Crippen molar-refractivity contribution in [1.29, 1.82) is 0 Å². The Labute approximate surface area is 113 Å². The summed E-state index contributed by atoms with van der Waals surface area (Å²) in [5.41, 5.74) is 0.219. The molecular weight excluding hydrogens is 246 g/mol. The number of esters is 1. The minimum Gasteiger partial charge on any atom is -0.469 e. The van der Waals surface area contributed by atoms with E-state index in [1.807, 2.05) is 4.90 Å². The van der Waals surface area contributed by atoms with Crippen LogP contribution in [0.15, 0.2) is 0 Å². The first-order valence-electron chi connectivity index (χ1n) is 7.10. The maximum absolute atomic E-state index is 12.5. The van der Waals surface area contributed by atoms with Crippen molar-refractivity contribution in [3.05, 3.63) is 0 Å². The van der Waals surface area contributed by atoms with Crippen molar-refractivity contribution in [3.8, 4) is 0 Å². The van der Waals surface area contributed by atoms with Crippen molar-refractivity contribution in [2.24, 2.45) is 17.3 Å². The van der Waals surface area contributed by atoms with Gasteiger partial charge in [-0.15, -0.1) is 0 Å². The van der Waals surface area contributed by atoms with E-state index >= 15 is 0 Å². The number of hydrogen-bond donors (Lipinski definition) is 0. The van der Waals surface area contributed by atoms with E-state index < -0.39 is 0 Å². The molecule has 0 radical (unpaired) electrons. The van der Waals surface area contributed by atoms with E-state index in [2.05, 4.69) is 0 Å². The van der Waals surface area contributed by atoms with E-state index in [0.29, 0.717) is 13.2 Å². The molecule has 0 N–H and O–H groups in total. The Hall–Kier alpha value is -1.10. The lowest BCUT2D eigenvalue weighted by Gasteiger charge is -2.37. The summed E-state index contributed by atoms with van der Waals surface area (Å²) in [4.78, 5) is 26.0. The van der Waals surface area contributed by atoms with Crippen LogP contribution in [0.5, 0.6) is 0 Å². The average molecular weight is 267 g/mol. The fourth-order valence-electron chi connectivity index (χ4n) is 3.12.